The monoisotopic (exact) mass is 484 g/mol. The van der Waals surface area contributed by atoms with Crippen molar-refractivity contribution in [2.45, 2.75) is 78.4 Å². The first-order valence-corrected chi connectivity index (χ1v) is 13.2. The van der Waals surface area contributed by atoms with Crippen LogP contribution in [0, 0.1) is 0 Å². The van der Waals surface area contributed by atoms with Crippen LogP contribution in [0.15, 0.2) is 53.1 Å². The van der Waals surface area contributed by atoms with Gasteiger partial charge < -0.3 is 10.0 Å². The van der Waals surface area contributed by atoms with Crippen molar-refractivity contribution in [3.05, 3.63) is 69.3 Å². The summed E-state index contributed by atoms with van der Waals surface area (Å²) in [6.07, 6.45) is 10.6. The highest BCUT2D eigenvalue weighted by molar-refractivity contribution is 6.30. The van der Waals surface area contributed by atoms with Crippen molar-refractivity contribution in [1.29, 1.82) is 0 Å². The van der Waals surface area contributed by atoms with Gasteiger partial charge in [-0.1, -0.05) is 62.2 Å². The predicted octanol–water partition coefficient (Wildman–Crippen LogP) is 6.25. The molecule has 1 unspecified atom stereocenters. The van der Waals surface area contributed by atoms with E-state index in [2.05, 4.69) is 56.0 Å². The highest BCUT2D eigenvalue weighted by Gasteiger charge is 2.38. The van der Waals surface area contributed by atoms with Gasteiger partial charge in [0.1, 0.15) is 5.60 Å². The van der Waals surface area contributed by atoms with Crippen molar-refractivity contribution in [3.63, 3.8) is 0 Å². The molecule has 1 saturated heterocycles. The van der Waals surface area contributed by atoms with Gasteiger partial charge in [-0.15, -0.1) is 0 Å². The summed E-state index contributed by atoms with van der Waals surface area (Å²) in [4.78, 5) is 17.3. The molecule has 1 aliphatic heterocycles. The molecule has 0 saturated carbocycles. The first-order valence-electron chi connectivity index (χ1n) is 12.8. The zero-order valence-corrected chi connectivity index (χ0v) is 22.3. The van der Waals surface area contributed by atoms with Crippen LogP contribution in [0.3, 0.4) is 0 Å². The molecule has 1 aromatic rings. The Morgan fingerprint density at radius 1 is 1.15 bits per heavy atom. The van der Waals surface area contributed by atoms with Crippen molar-refractivity contribution in [2.75, 3.05) is 26.2 Å². The molecule has 186 valence electrons. The maximum Gasteiger partial charge on any atom is 0.254 e. The first kappa shape index (κ1) is 26.7. The number of hydrogen-bond donors (Lipinski definition) is 1. The normalized spacial score (nSPS) is 20.6. The molecule has 1 aliphatic carbocycles. The molecule has 1 aromatic carbocycles. The molecule has 0 bridgehead atoms. The summed E-state index contributed by atoms with van der Waals surface area (Å²) in [7, 11) is 0. The van der Waals surface area contributed by atoms with Gasteiger partial charge in [0.25, 0.3) is 5.91 Å². The second-order valence-corrected chi connectivity index (χ2v) is 10.2. The molecule has 0 aromatic heterocycles. The lowest BCUT2D eigenvalue weighted by Gasteiger charge is -2.42. The van der Waals surface area contributed by atoms with Gasteiger partial charge in [-0.25, -0.2) is 0 Å². The maximum atomic E-state index is 13.0. The van der Waals surface area contributed by atoms with Crippen LogP contribution >= 0.6 is 11.6 Å². The Hall–Kier alpha value is -1.88. The molecule has 34 heavy (non-hydrogen) atoms. The number of piperazine rings is 1. The Kier molecular flexibility index (Phi) is 9.20. The van der Waals surface area contributed by atoms with E-state index in [0.717, 1.165) is 37.4 Å². The van der Waals surface area contributed by atoms with Gasteiger partial charge in [-0.05, 0) is 80.4 Å². The second-order valence-electron chi connectivity index (χ2n) is 9.75. The Morgan fingerprint density at radius 2 is 1.82 bits per heavy atom. The molecule has 1 fully saturated rings. The van der Waals surface area contributed by atoms with E-state index in [1.54, 1.807) is 0 Å². The average molecular weight is 485 g/mol. The summed E-state index contributed by atoms with van der Waals surface area (Å²) >= 11 is 6.38. The Bertz CT molecular complexity index is 966. The van der Waals surface area contributed by atoms with Crippen molar-refractivity contribution < 1.29 is 9.90 Å². The summed E-state index contributed by atoms with van der Waals surface area (Å²) in [5, 5.41) is 11.5. The lowest BCUT2D eigenvalue weighted by Crippen LogP contribution is -2.56. The number of aliphatic hydroxyl groups is 1. The summed E-state index contributed by atoms with van der Waals surface area (Å²) < 4.78 is 0. The minimum atomic E-state index is -1.24. The summed E-state index contributed by atoms with van der Waals surface area (Å²) in [6, 6.07) is 6.47. The van der Waals surface area contributed by atoms with Crippen LogP contribution in [0.2, 0.25) is 5.02 Å². The van der Waals surface area contributed by atoms with E-state index in [1.807, 2.05) is 24.8 Å². The first-order chi connectivity index (χ1) is 16.2. The number of nitrogens with zero attached hydrogens (tertiary/aromatic N) is 2. The number of halogens is 1. The van der Waals surface area contributed by atoms with E-state index in [9.17, 15) is 9.90 Å². The van der Waals surface area contributed by atoms with Crippen LogP contribution in [0.5, 0.6) is 0 Å². The molecule has 3 rings (SSSR count). The fourth-order valence-corrected chi connectivity index (χ4v) is 5.29. The molecule has 0 radical (unpaired) electrons. The Labute approximate surface area is 211 Å². The molecular formula is C29H41ClN2O2. The minimum Gasteiger partial charge on any atom is -0.380 e. The molecule has 1 heterocycles. The van der Waals surface area contributed by atoms with E-state index in [1.165, 1.54) is 27.8 Å². The number of fused-ring (bicyclic) bond motifs is 1. The van der Waals surface area contributed by atoms with Gasteiger partial charge in [0.2, 0.25) is 0 Å². The van der Waals surface area contributed by atoms with Gasteiger partial charge in [0.05, 0.1) is 6.04 Å². The van der Waals surface area contributed by atoms with Crippen LogP contribution in [0.4, 0.5) is 0 Å². The highest BCUT2D eigenvalue weighted by Crippen LogP contribution is 2.39. The quantitative estimate of drug-likeness (QED) is 0.465. The molecule has 0 spiro atoms. The van der Waals surface area contributed by atoms with Crippen LogP contribution in [-0.4, -0.2) is 52.6 Å². The lowest BCUT2D eigenvalue weighted by molar-refractivity contribution is -0.154. The number of amides is 1. The standard InChI is InChI=1S/C29H41ClN2O2/c1-6-21(4)10-9-11-23-12-13-24-20-25(30)14-15-26(24)27(22(23)5)31-16-18-32(19-17-31)28(33)29(34,7-2)8-3/h9-11,14-15,20,27,34H,6-8,12-13,16-19H2,1-5H3/b11-9-,21-10+. The molecule has 2 aliphatic rings. The van der Waals surface area contributed by atoms with Crippen LogP contribution in [0.1, 0.15) is 77.5 Å². The van der Waals surface area contributed by atoms with Gasteiger partial charge in [-0.2, -0.15) is 0 Å². The number of hydrogen-bond acceptors (Lipinski definition) is 3. The van der Waals surface area contributed by atoms with Gasteiger partial charge >= 0.3 is 0 Å². The molecular weight excluding hydrogens is 444 g/mol. The zero-order valence-electron chi connectivity index (χ0n) is 21.5. The van der Waals surface area contributed by atoms with E-state index in [0.29, 0.717) is 25.9 Å². The number of carbonyl (C=O) groups is 1. The van der Waals surface area contributed by atoms with Gasteiger partial charge in [0.15, 0.2) is 0 Å². The average Bonchev–Trinajstić information content (AvgIpc) is 2.99. The molecule has 1 amide bonds. The fraction of sp³-hybridized carbons (Fsp3) is 0.552. The van der Waals surface area contributed by atoms with Crippen LogP contribution in [-0.2, 0) is 11.2 Å². The van der Waals surface area contributed by atoms with E-state index >= 15 is 0 Å². The summed E-state index contributed by atoms with van der Waals surface area (Å²) in [5.41, 5.74) is 5.51. The van der Waals surface area contributed by atoms with Crippen LogP contribution < -0.4 is 0 Å². The summed E-state index contributed by atoms with van der Waals surface area (Å²) in [5.74, 6) is -0.126. The topological polar surface area (TPSA) is 43.8 Å². The van der Waals surface area contributed by atoms with Crippen molar-refractivity contribution in [3.8, 4) is 0 Å². The third kappa shape index (κ3) is 5.84. The maximum absolute atomic E-state index is 13.0. The van der Waals surface area contributed by atoms with E-state index in [4.69, 9.17) is 11.6 Å². The van der Waals surface area contributed by atoms with E-state index < -0.39 is 5.60 Å². The largest absolute Gasteiger partial charge is 0.380 e. The number of rotatable bonds is 7. The van der Waals surface area contributed by atoms with Gasteiger partial charge in [-0.3, -0.25) is 9.69 Å². The Balaban J connectivity index is 1.89. The molecule has 1 atom stereocenters. The number of aryl methyl sites for hydroxylation is 1. The van der Waals surface area contributed by atoms with E-state index in [-0.39, 0.29) is 11.9 Å². The predicted molar refractivity (Wildman–Crippen MR) is 142 cm³/mol. The molecule has 5 heteroatoms. The second kappa shape index (κ2) is 11.7. The van der Waals surface area contributed by atoms with Crippen molar-refractivity contribution in [2.24, 2.45) is 0 Å². The minimum absolute atomic E-state index is 0.126. The fourth-order valence-electron chi connectivity index (χ4n) is 5.09. The third-order valence-corrected chi connectivity index (χ3v) is 7.99. The highest BCUT2D eigenvalue weighted by atomic mass is 35.5. The number of allylic oxidation sites excluding steroid dienone is 5. The van der Waals surface area contributed by atoms with Crippen molar-refractivity contribution >= 4 is 17.5 Å². The van der Waals surface area contributed by atoms with Crippen LogP contribution in [0.25, 0.3) is 0 Å². The molecule has 4 nitrogen and oxygen atoms in total. The third-order valence-electron chi connectivity index (χ3n) is 7.75. The zero-order chi connectivity index (χ0) is 24.9. The van der Waals surface area contributed by atoms with Gasteiger partial charge in [0, 0.05) is 31.2 Å². The smallest absolute Gasteiger partial charge is 0.254 e. The Morgan fingerprint density at radius 3 is 2.44 bits per heavy atom. The molecule has 1 N–H and O–H groups in total. The van der Waals surface area contributed by atoms with Crippen molar-refractivity contribution in [1.82, 2.24) is 9.80 Å². The number of carbonyl (C=O) groups excluding carboxylic acids is 1. The lowest BCUT2D eigenvalue weighted by atomic mass is 9.92. The number of benzene rings is 1. The summed E-state index contributed by atoms with van der Waals surface area (Å²) in [6.45, 7) is 13.2. The SMILES string of the molecule is CC/C(C)=C/C=C\C1=C(C)C(N2CCN(C(=O)C(O)(CC)CC)CC2)c2ccc(Cl)cc2CC1.